The Kier molecular flexibility index (Phi) is 6.34. The summed E-state index contributed by atoms with van der Waals surface area (Å²) in [6.45, 7) is 0.852. The Balaban J connectivity index is 1.44. The second kappa shape index (κ2) is 9.51. The zero-order chi connectivity index (χ0) is 22.5. The zero-order valence-electron chi connectivity index (χ0n) is 17.9. The predicted octanol–water partition coefficient (Wildman–Crippen LogP) is 2.24. The molecule has 1 N–H and O–H groups in total. The third kappa shape index (κ3) is 4.56. The Morgan fingerprint density at radius 3 is 2.66 bits per heavy atom. The molecule has 1 saturated heterocycles. The predicted molar refractivity (Wildman–Crippen MR) is 117 cm³/mol. The van der Waals surface area contributed by atoms with Crippen molar-refractivity contribution in [3.8, 4) is 28.5 Å². The smallest absolute Gasteiger partial charge is 0.260 e. The van der Waals surface area contributed by atoms with Gasteiger partial charge in [-0.15, -0.1) is 0 Å². The quantitative estimate of drug-likeness (QED) is 0.605. The molecule has 3 aromatic rings. The van der Waals surface area contributed by atoms with Crippen molar-refractivity contribution in [2.24, 2.45) is 0 Å². The molecule has 9 nitrogen and oxygen atoms in total. The van der Waals surface area contributed by atoms with E-state index >= 15 is 0 Å². The maximum Gasteiger partial charge on any atom is 0.260 e. The molecule has 4 rings (SSSR count). The summed E-state index contributed by atoms with van der Waals surface area (Å²) >= 11 is 0. The maximum absolute atomic E-state index is 12.8. The van der Waals surface area contributed by atoms with E-state index < -0.39 is 0 Å². The molecule has 1 aliphatic heterocycles. The monoisotopic (exact) mass is 436 g/mol. The van der Waals surface area contributed by atoms with Gasteiger partial charge in [0.25, 0.3) is 11.5 Å². The Morgan fingerprint density at radius 2 is 1.97 bits per heavy atom. The lowest BCUT2D eigenvalue weighted by Gasteiger charge is -2.18. The number of aromatic nitrogens is 3. The minimum absolute atomic E-state index is 0.0657. The highest BCUT2D eigenvalue weighted by Gasteiger charge is 2.29. The van der Waals surface area contributed by atoms with E-state index in [0.717, 1.165) is 5.56 Å². The normalized spacial score (nSPS) is 15.4. The summed E-state index contributed by atoms with van der Waals surface area (Å²) in [5.74, 6) is 1.71. The first kappa shape index (κ1) is 21.4. The van der Waals surface area contributed by atoms with Gasteiger partial charge in [0.2, 0.25) is 5.75 Å². The average molecular weight is 436 g/mol. The highest BCUT2D eigenvalue weighted by Crippen LogP contribution is 2.36. The number of carbonyl (C=O) groups excluding carboxylic acids is 1. The van der Waals surface area contributed by atoms with E-state index in [-0.39, 0.29) is 24.0 Å². The molecular weight excluding hydrogens is 412 g/mol. The van der Waals surface area contributed by atoms with Gasteiger partial charge in [-0.25, -0.2) is 4.98 Å². The summed E-state index contributed by atoms with van der Waals surface area (Å²) in [5, 5.41) is 0. The first-order valence-corrected chi connectivity index (χ1v) is 10.2. The standard InChI is InChI=1S/C23H24N4O5/c1-30-18-6-3-7-19(31-2)22(18)32-14-21(29)27-10-8-16(13-27)23-25-17(11-20(28)26-23)15-5-4-9-24-12-15/h3-7,9,11-12,16H,8,10,13-14H2,1-2H3,(H,25,26,28)/t16-/m1/s1. The molecule has 166 valence electrons. The fourth-order valence-corrected chi connectivity index (χ4v) is 3.73. The van der Waals surface area contributed by atoms with Crippen LogP contribution in [0.5, 0.6) is 17.2 Å². The van der Waals surface area contributed by atoms with Crippen LogP contribution < -0.4 is 19.8 Å². The number of ether oxygens (including phenoxy) is 3. The van der Waals surface area contributed by atoms with Gasteiger partial charge in [0.15, 0.2) is 18.1 Å². The largest absolute Gasteiger partial charge is 0.493 e. The molecule has 1 aromatic carbocycles. The van der Waals surface area contributed by atoms with Gasteiger partial charge in [-0.05, 0) is 30.7 Å². The van der Waals surface area contributed by atoms with E-state index in [1.165, 1.54) is 20.3 Å². The molecule has 0 radical (unpaired) electrons. The van der Waals surface area contributed by atoms with Crippen molar-refractivity contribution in [3.63, 3.8) is 0 Å². The Morgan fingerprint density at radius 1 is 1.19 bits per heavy atom. The maximum atomic E-state index is 12.8. The van der Waals surface area contributed by atoms with E-state index in [1.54, 1.807) is 41.6 Å². The lowest BCUT2D eigenvalue weighted by atomic mass is 10.1. The summed E-state index contributed by atoms with van der Waals surface area (Å²) in [5.41, 5.74) is 1.10. The van der Waals surface area contributed by atoms with Gasteiger partial charge in [-0.3, -0.25) is 14.6 Å². The third-order valence-corrected chi connectivity index (χ3v) is 5.37. The van der Waals surface area contributed by atoms with Crippen LogP contribution in [-0.2, 0) is 4.79 Å². The van der Waals surface area contributed by atoms with E-state index in [9.17, 15) is 9.59 Å². The van der Waals surface area contributed by atoms with Gasteiger partial charge in [-0.2, -0.15) is 0 Å². The summed E-state index contributed by atoms with van der Waals surface area (Å²) < 4.78 is 16.3. The first-order valence-electron chi connectivity index (χ1n) is 10.2. The molecule has 0 spiro atoms. The van der Waals surface area contributed by atoms with Gasteiger partial charge in [0, 0.05) is 43.0 Å². The van der Waals surface area contributed by atoms with Crippen molar-refractivity contribution in [2.75, 3.05) is 33.9 Å². The van der Waals surface area contributed by atoms with Crippen LogP contribution in [0.15, 0.2) is 53.6 Å². The molecule has 3 heterocycles. The lowest BCUT2D eigenvalue weighted by molar-refractivity contribution is -0.132. The van der Waals surface area contributed by atoms with Crippen LogP contribution >= 0.6 is 0 Å². The molecule has 0 saturated carbocycles. The second-order valence-corrected chi connectivity index (χ2v) is 7.36. The van der Waals surface area contributed by atoms with E-state index in [4.69, 9.17) is 14.2 Å². The van der Waals surface area contributed by atoms with Gasteiger partial charge >= 0.3 is 0 Å². The number of amides is 1. The van der Waals surface area contributed by atoms with Gasteiger partial charge in [0.1, 0.15) is 5.82 Å². The van der Waals surface area contributed by atoms with Crippen molar-refractivity contribution in [3.05, 3.63) is 65.0 Å². The molecule has 9 heteroatoms. The van der Waals surface area contributed by atoms with Gasteiger partial charge in [-0.1, -0.05) is 6.07 Å². The van der Waals surface area contributed by atoms with Gasteiger partial charge < -0.3 is 24.1 Å². The molecule has 1 amide bonds. The van der Waals surface area contributed by atoms with Crippen LogP contribution in [0.1, 0.15) is 18.2 Å². The number of aromatic amines is 1. The van der Waals surface area contributed by atoms with E-state index in [2.05, 4.69) is 15.0 Å². The number of pyridine rings is 1. The van der Waals surface area contributed by atoms with Crippen molar-refractivity contribution >= 4 is 5.91 Å². The number of para-hydroxylation sites is 1. The number of nitrogens with one attached hydrogen (secondary N) is 1. The summed E-state index contributed by atoms with van der Waals surface area (Å²) in [7, 11) is 3.06. The number of hydrogen-bond donors (Lipinski definition) is 1. The SMILES string of the molecule is COc1cccc(OC)c1OCC(=O)N1CC[C@@H](c2nc(-c3cccnc3)cc(=O)[nH]2)C1. The van der Waals surface area contributed by atoms with Crippen molar-refractivity contribution in [1.82, 2.24) is 19.9 Å². The number of nitrogens with zero attached hydrogens (tertiary/aromatic N) is 3. The Labute approximate surface area is 185 Å². The van der Waals surface area contributed by atoms with Crippen molar-refractivity contribution < 1.29 is 19.0 Å². The first-order chi connectivity index (χ1) is 15.6. The number of carbonyl (C=O) groups is 1. The molecule has 0 aliphatic carbocycles. The molecule has 32 heavy (non-hydrogen) atoms. The average Bonchev–Trinajstić information content (AvgIpc) is 3.33. The van der Waals surface area contributed by atoms with Gasteiger partial charge in [0.05, 0.1) is 19.9 Å². The van der Waals surface area contributed by atoms with Crippen molar-refractivity contribution in [2.45, 2.75) is 12.3 Å². The molecule has 2 aromatic heterocycles. The highest BCUT2D eigenvalue weighted by atomic mass is 16.5. The number of H-pyrrole nitrogens is 1. The summed E-state index contributed by atoms with van der Waals surface area (Å²) in [6.07, 6.45) is 4.03. The third-order valence-electron chi connectivity index (χ3n) is 5.37. The van der Waals surface area contributed by atoms with E-state index in [1.807, 2.05) is 6.07 Å². The van der Waals surface area contributed by atoms with Crippen LogP contribution in [0.25, 0.3) is 11.3 Å². The molecule has 1 atom stereocenters. The number of benzene rings is 1. The topological polar surface area (TPSA) is 107 Å². The molecule has 0 unspecified atom stereocenters. The zero-order valence-corrected chi connectivity index (χ0v) is 17.9. The number of likely N-dealkylation sites (tertiary alicyclic amines) is 1. The van der Waals surface area contributed by atoms with E-state index in [0.29, 0.717) is 48.3 Å². The van der Waals surface area contributed by atoms with Crippen LogP contribution in [0, 0.1) is 0 Å². The van der Waals surface area contributed by atoms with Crippen molar-refractivity contribution in [1.29, 1.82) is 0 Å². The minimum atomic E-state index is -0.231. The summed E-state index contributed by atoms with van der Waals surface area (Å²) in [4.78, 5) is 38.2. The fourth-order valence-electron chi connectivity index (χ4n) is 3.73. The number of rotatable bonds is 7. The summed E-state index contributed by atoms with van der Waals surface area (Å²) in [6, 6.07) is 10.4. The minimum Gasteiger partial charge on any atom is -0.493 e. The number of methoxy groups -OCH3 is 2. The van der Waals surface area contributed by atoms with Crippen LogP contribution in [-0.4, -0.2) is 59.7 Å². The molecule has 1 aliphatic rings. The Hall–Kier alpha value is -3.88. The second-order valence-electron chi connectivity index (χ2n) is 7.36. The van der Waals surface area contributed by atoms with Crippen LogP contribution in [0.2, 0.25) is 0 Å². The molecular formula is C23H24N4O5. The fraction of sp³-hybridized carbons (Fsp3) is 0.304. The van der Waals surface area contributed by atoms with Crippen LogP contribution in [0.4, 0.5) is 0 Å². The number of hydrogen-bond acceptors (Lipinski definition) is 7. The Bertz CT molecular complexity index is 1130. The molecule has 1 fully saturated rings. The lowest BCUT2D eigenvalue weighted by Crippen LogP contribution is -2.33. The highest BCUT2D eigenvalue weighted by molar-refractivity contribution is 5.78. The molecule has 0 bridgehead atoms. The van der Waals surface area contributed by atoms with Crippen LogP contribution in [0.3, 0.4) is 0 Å².